The van der Waals surface area contributed by atoms with Gasteiger partial charge in [-0.3, -0.25) is 0 Å². The van der Waals surface area contributed by atoms with Crippen LogP contribution in [0.25, 0.3) is 5.69 Å². The molecule has 1 unspecified atom stereocenters. The van der Waals surface area contributed by atoms with E-state index < -0.39 is 0 Å². The van der Waals surface area contributed by atoms with E-state index in [1.165, 1.54) is 12.8 Å². The van der Waals surface area contributed by atoms with Crippen LogP contribution in [-0.2, 0) is 4.74 Å². The van der Waals surface area contributed by atoms with Crippen molar-refractivity contribution in [3.63, 3.8) is 0 Å². The van der Waals surface area contributed by atoms with E-state index in [2.05, 4.69) is 28.6 Å². The maximum Gasteiger partial charge on any atom is 0.0887 e. The highest BCUT2D eigenvalue weighted by Gasteiger charge is 2.43. The molecule has 0 saturated heterocycles. The Labute approximate surface area is 126 Å². The van der Waals surface area contributed by atoms with E-state index in [0.29, 0.717) is 0 Å². The standard InChI is InChI=1S/C17H23N3O/c1-18-16(17(21-2)11-6-7-12-17)15-10-13-19-20(15)14-8-4-3-5-9-14/h3-5,8-10,13,16,18H,6-7,11-12H2,1-2H3. The maximum absolute atomic E-state index is 5.96. The zero-order valence-electron chi connectivity index (χ0n) is 12.7. The number of aromatic nitrogens is 2. The van der Waals surface area contributed by atoms with Crippen molar-refractivity contribution in [1.29, 1.82) is 0 Å². The Bertz CT molecular complexity index is 573. The van der Waals surface area contributed by atoms with E-state index in [9.17, 15) is 0 Å². The van der Waals surface area contributed by atoms with Gasteiger partial charge in [0.2, 0.25) is 0 Å². The minimum Gasteiger partial charge on any atom is -0.376 e. The molecule has 112 valence electrons. The summed E-state index contributed by atoms with van der Waals surface area (Å²) in [6.07, 6.45) is 6.51. The summed E-state index contributed by atoms with van der Waals surface area (Å²) in [7, 11) is 3.84. The molecule has 1 saturated carbocycles. The van der Waals surface area contributed by atoms with Crippen molar-refractivity contribution in [3.05, 3.63) is 48.3 Å². The van der Waals surface area contributed by atoms with E-state index in [1.54, 1.807) is 0 Å². The van der Waals surface area contributed by atoms with Gasteiger partial charge in [0.25, 0.3) is 0 Å². The lowest BCUT2D eigenvalue weighted by atomic mass is 9.89. The highest BCUT2D eigenvalue weighted by Crippen LogP contribution is 2.42. The van der Waals surface area contributed by atoms with Gasteiger partial charge in [-0.25, -0.2) is 4.68 Å². The molecule has 21 heavy (non-hydrogen) atoms. The highest BCUT2D eigenvalue weighted by molar-refractivity contribution is 5.34. The molecule has 0 amide bonds. The second-order valence-corrected chi connectivity index (χ2v) is 5.70. The summed E-state index contributed by atoms with van der Waals surface area (Å²) in [6, 6.07) is 12.5. The summed E-state index contributed by atoms with van der Waals surface area (Å²) >= 11 is 0. The Kier molecular flexibility index (Phi) is 4.08. The third-order valence-electron chi connectivity index (χ3n) is 4.64. The van der Waals surface area contributed by atoms with Crippen LogP contribution in [0, 0.1) is 0 Å². The van der Waals surface area contributed by atoms with E-state index in [-0.39, 0.29) is 11.6 Å². The Morgan fingerprint density at radius 3 is 2.52 bits per heavy atom. The van der Waals surface area contributed by atoms with Gasteiger partial charge in [-0.05, 0) is 38.1 Å². The van der Waals surface area contributed by atoms with Crippen LogP contribution in [0.5, 0.6) is 0 Å². The van der Waals surface area contributed by atoms with Crippen LogP contribution in [0.3, 0.4) is 0 Å². The summed E-state index contributed by atoms with van der Waals surface area (Å²) in [5.74, 6) is 0. The molecule has 0 bridgehead atoms. The van der Waals surface area contributed by atoms with Gasteiger partial charge in [-0.2, -0.15) is 5.10 Å². The second-order valence-electron chi connectivity index (χ2n) is 5.70. The number of benzene rings is 1. The van der Waals surface area contributed by atoms with Crippen molar-refractivity contribution in [2.24, 2.45) is 0 Å². The first-order valence-corrected chi connectivity index (χ1v) is 7.62. The molecular weight excluding hydrogens is 262 g/mol. The number of likely N-dealkylation sites (N-methyl/N-ethyl adjacent to an activating group) is 1. The van der Waals surface area contributed by atoms with Crippen molar-refractivity contribution >= 4 is 0 Å². The number of methoxy groups -OCH3 is 1. The minimum absolute atomic E-state index is 0.124. The molecule has 0 radical (unpaired) electrons. The number of para-hydroxylation sites is 1. The average Bonchev–Trinajstić information content (AvgIpc) is 3.19. The third kappa shape index (κ3) is 2.49. The van der Waals surface area contributed by atoms with Gasteiger partial charge in [0.05, 0.1) is 23.0 Å². The first kappa shape index (κ1) is 14.3. The molecule has 1 aromatic carbocycles. The monoisotopic (exact) mass is 285 g/mol. The Morgan fingerprint density at radius 2 is 1.90 bits per heavy atom. The normalized spacial score (nSPS) is 18.8. The van der Waals surface area contributed by atoms with E-state index >= 15 is 0 Å². The van der Waals surface area contributed by atoms with Gasteiger partial charge in [-0.1, -0.05) is 31.0 Å². The smallest absolute Gasteiger partial charge is 0.0887 e. The van der Waals surface area contributed by atoms with E-state index in [1.807, 2.05) is 43.2 Å². The third-order valence-corrected chi connectivity index (χ3v) is 4.64. The zero-order valence-corrected chi connectivity index (χ0v) is 12.7. The summed E-state index contributed by atoms with van der Waals surface area (Å²) in [4.78, 5) is 0. The van der Waals surface area contributed by atoms with Crippen molar-refractivity contribution in [2.75, 3.05) is 14.2 Å². The molecule has 0 spiro atoms. The van der Waals surface area contributed by atoms with Gasteiger partial charge < -0.3 is 10.1 Å². The van der Waals surface area contributed by atoms with Crippen LogP contribution in [0.4, 0.5) is 0 Å². The van der Waals surface area contributed by atoms with Crippen LogP contribution in [0.2, 0.25) is 0 Å². The van der Waals surface area contributed by atoms with Crippen LogP contribution in [-0.4, -0.2) is 29.5 Å². The fraction of sp³-hybridized carbons (Fsp3) is 0.471. The average molecular weight is 285 g/mol. The molecule has 3 rings (SSSR count). The number of nitrogens with one attached hydrogen (secondary N) is 1. The van der Waals surface area contributed by atoms with Crippen LogP contribution in [0.15, 0.2) is 42.6 Å². The molecule has 1 aliphatic rings. The maximum atomic E-state index is 5.96. The summed E-state index contributed by atoms with van der Waals surface area (Å²) in [5.41, 5.74) is 2.12. The van der Waals surface area contributed by atoms with Gasteiger partial charge >= 0.3 is 0 Å². The van der Waals surface area contributed by atoms with Gasteiger partial charge in [0.1, 0.15) is 0 Å². The predicted octanol–water partition coefficient (Wildman–Crippen LogP) is 3.09. The topological polar surface area (TPSA) is 39.1 Å². The first-order chi connectivity index (χ1) is 10.3. The SMILES string of the molecule is CNC(c1ccnn1-c1ccccc1)C1(OC)CCCC1. The van der Waals surface area contributed by atoms with Gasteiger partial charge in [0.15, 0.2) is 0 Å². The minimum atomic E-state index is -0.124. The first-order valence-electron chi connectivity index (χ1n) is 7.62. The molecule has 1 N–H and O–H groups in total. The predicted molar refractivity (Wildman–Crippen MR) is 83.6 cm³/mol. The van der Waals surface area contributed by atoms with E-state index in [0.717, 1.165) is 24.2 Å². The molecule has 0 aliphatic heterocycles. The van der Waals surface area contributed by atoms with E-state index in [4.69, 9.17) is 4.74 Å². The molecule has 1 aliphatic carbocycles. The van der Waals surface area contributed by atoms with Gasteiger partial charge in [-0.15, -0.1) is 0 Å². The number of hydrogen-bond acceptors (Lipinski definition) is 3. The molecule has 1 fully saturated rings. The van der Waals surface area contributed by atoms with Crippen LogP contribution in [0.1, 0.15) is 37.4 Å². The Balaban J connectivity index is 2.01. The summed E-state index contributed by atoms with van der Waals surface area (Å²) in [6.45, 7) is 0. The van der Waals surface area contributed by atoms with Crippen molar-refractivity contribution < 1.29 is 4.74 Å². The zero-order chi connectivity index (χ0) is 14.7. The molecule has 2 aromatic rings. The van der Waals surface area contributed by atoms with Crippen LogP contribution >= 0.6 is 0 Å². The number of rotatable bonds is 5. The van der Waals surface area contributed by atoms with Crippen molar-refractivity contribution in [2.45, 2.75) is 37.3 Å². The number of nitrogens with zero attached hydrogens (tertiary/aromatic N) is 2. The molecule has 4 nitrogen and oxygen atoms in total. The number of ether oxygens (including phenoxy) is 1. The Morgan fingerprint density at radius 1 is 1.19 bits per heavy atom. The van der Waals surface area contributed by atoms with Gasteiger partial charge in [0, 0.05) is 13.3 Å². The molecule has 4 heteroatoms. The second kappa shape index (κ2) is 6.00. The lowest BCUT2D eigenvalue weighted by Crippen LogP contribution is -2.43. The summed E-state index contributed by atoms with van der Waals surface area (Å²) < 4.78 is 7.98. The molecular formula is C17H23N3O. The molecule has 1 aromatic heterocycles. The fourth-order valence-electron chi connectivity index (χ4n) is 3.58. The van der Waals surface area contributed by atoms with Crippen molar-refractivity contribution in [3.8, 4) is 5.69 Å². The lowest BCUT2D eigenvalue weighted by Gasteiger charge is -2.36. The highest BCUT2D eigenvalue weighted by atomic mass is 16.5. The quantitative estimate of drug-likeness (QED) is 0.917. The largest absolute Gasteiger partial charge is 0.376 e. The Hall–Kier alpha value is -1.65. The lowest BCUT2D eigenvalue weighted by molar-refractivity contribution is -0.0365. The van der Waals surface area contributed by atoms with Crippen LogP contribution < -0.4 is 5.32 Å². The molecule has 1 atom stereocenters. The fourth-order valence-corrected chi connectivity index (χ4v) is 3.58. The number of hydrogen-bond donors (Lipinski definition) is 1. The summed E-state index contributed by atoms with van der Waals surface area (Å²) in [5, 5.41) is 7.98. The van der Waals surface area contributed by atoms with Crippen molar-refractivity contribution in [1.82, 2.24) is 15.1 Å². The molecule has 1 heterocycles.